The first kappa shape index (κ1) is 26.2. The third kappa shape index (κ3) is 4.25. The number of nitrogens with zero attached hydrogens (tertiary/aromatic N) is 7. The average Bonchev–Trinajstić information content (AvgIpc) is 3.68. The third-order valence-corrected chi connectivity index (χ3v) is 7.87. The van der Waals surface area contributed by atoms with Crippen LogP contribution < -0.4 is 15.8 Å². The van der Waals surface area contributed by atoms with Gasteiger partial charge in [0.1, 0.15) is 5.56 Å². The molecule has 1 amide bonds. The number of para-hydroxylation sites is 1. The Morgan fingerprint density at radius 1 is 1.05 bits per heavy atom. The molecule has 10 nitrogen and oxygen atoms in total. The van der Waals surface area contributed by atoms with Gasteiger partial charge in [-0.1, -0.05) is 30.0 Å². The van der Waals surface area contributed by atoms with E-state index in [1.54, 1.807) is 45.3 Å². The van der Waals surface area contributed by atoms with E-state index < -0.39 is 6.04 Å². The Bertz CT molecular complexity index is 2200. The highest BCUT2D eigenvalue weighted by Gasteiger charge is 2.31. The molecule has 1 aliphatic heterocycles. The minimum Gasteiger partial charge on any atom is -0.370 e. The van der Waals surface area contributed by atoms with Crippen LogP contribution in [0.4, 0.5) is 5.69 Å². The summed E-state index contributed by atoms with van der Waals surface area (Å²) in [6.07, 6.45) is 6.94. The maximum absolute atomic E-state index is 14.6. The predicted molar refractivity (Wildman–Crippen MR) is 164 cm³/mol. The number of hydrogen-bond acceptors (Lipinski definition) is 6. The molecule has 0 unspecified atom stereocenters. The number of rotatable bonds is 4. The van der Waals surface area contributed by atoms with Gasteiger partial charge in [-0.15, -0.1) is 0 Å². The number of aryl methyl sites for hydroxylation is 2. The summed E-state index contributed by atoms with van der Waals surface area (Å²) < 4.78 is 5.02. The molecule has 0 saturated carbocycles. The van der Waals surface area contributed by atoms with Gasteiger partial charge in [0.25, 0.3) is 11.5 Å². The van der Waals surface area contributed by atoms with Gasteiger partial charge in [-0.05, 0) is 44.2 Å². The predicted octanol–water partition coefficient (Wildman–Crippen LogP) is 3.92. The number of pyridine rings is 1. The van der Waals surface area contributed by atoms with E-state index in [0.29, 0.717) is 40.1 Å². The molecule has 1 aliphatic rings. The molecule has 4 aromatic heterocycles. The van der Waals surface area contributed by atoms with Crippen molar-refractivity contribution in [1.82, 2.24) is 34.3 Å². The number of anilines is 1. The van der Waals surface area contributed by atoms with Crippen LogP contribution in [0.3, 0.4) is 0 Å². The van der Waals surface area contributed by atoms with Crippen LogP contribution in [-0.2, 0) is 13.6 Å². The number of amides is 1. The SMILES string of the molecule is Cc1nn2cccnc2c1C(=O)N[C@@H](C)c1c2c3c(ccc(C#Cc4cnn(C)c4)c3c(=O)n1-c1ccccc1)N(C)C2. The van der Waals surface area contributed by atoms with Crippen LogP contribution in [0.15, 0.2) is 78.1 Å². The number of benzene rings is 2. The zero-order valence-electron chi connectivity index (χ0n) is 24.2. The van der Waals surface area contributed by atoms with Crippen LogP contribution >= 0.6 is 0 Å². The minimum absolute atomic E-state index is 0.192. The molecule has 0 aliphatic carbocycles. The Labute approximate surface area is 247 Å². The topological polar surface area (TPSA) is 102 Å². The summed E-state index contributed by atoms with van der Waals surface area (Å²) in [6.45, 7) is 4.28. The van der Waals surface area contributed by atoms with E-state index in [9.17, 15) is 9.59 Å². The van der Waals surface area contributed by atoms with Gasteiger partial charge >= 0.3 is 0 Å². The second kappa shape index (κ2) is 9.99. The average molecular weight is 569 g/mol. The van der Waals surface area contributed by atoms with Gasteiger partial charge in [0.05, 0.1) is 34.6 Å². The molecule has 0 fully saturated rings. The first-order valence-electron chi connectivity index (χ1n) is 13.9. The number of aromatic nitrogens is 6. The van der Waals surface area contributed by atoms with Crippen LogP contribution in [0.25, 0.3) is 22.1 Å². The van der Waals surface area contributed by atoms with Crippen LogP contribution in [0, 0.1) is 18.8 Å². The largest absolute Gasteiger partial charge is 0.370 e. The van der Waals surface area contributed by atoms with E-state index in [1.807, 2.05) is 69.7 Å². The van der Waals surface area contributed by atoms with Crippen molar-refractivity contribution >= 4 is 28.0 Å². The number of carbonyl (C=O) groups is 1. The number of fused-ring (bicyclic) bond motifs is 1. The highest BCUT2D eigenvalue weighted by atomic mass is 16.2. The molecule has 5 heterocycles. The van der Waals surface area contributed by atoms with Crippen LogP contribution in [0.5, 0.6) is 0 Å². The zero-order valence-corrected chi connectivity index (χ0v) is 24.2. The standard InChI is InChI=1S/C33H28N8O2/c1-20-27(31-34-15-8-16-40(31)37-20)32(42)36-21(2)30-25-19-38(3)26-14-13-23(12-11-22-17-35-39(4)18-22)28(29(25)26)33(43)41(30)24-9-6-5-7-10-24/h5-10,13-18,21H,19H2,1-4H3,(H,36,42)/t21-/m0/s1. The number of nitrogens with one attached hydrogen (secondary N) is 1. The summed E-state index contributed by atoms with van der Waals surface area (Å²) in [6, 6.07) is 14.7. The summed E-state index contributed by atoms with van der Waals surface area (Å²) in [4.78, 5) is 34.9. The van der Waals surface area contributed by atoms with Crippen LogP contribution in [0.1, 0.15) is 51.4 Å². The van der Waals surface area contributed by atoms with Gasteiger partial charge < -0.3 is 10.2 Å². The Morgan fingerprint density at radius 2 is 1.86 bits per heavy atom. The van der Waals surface area contributed by atoms with Gasteiger partial charge in [0, 0.05) is 67.1 Å². The molecular weight excluding hydrogens is 540 g/mol. The molecule has 1 atom stereocenters. The molecule has 10 heteroatoms. The lowest BCUT2D eigenvalue weighted by molar-refractivity contribution is 0.0939. The molecule has 7 rings (SSSR count). The van der Waals surface area contributed by atoms with E-state index in [1.165, 1.54) is 0 Å². The maximum Gasteiger partial charge on any atom is 0.264 e. The summed E-state index contributed by atoms with van der Waals surface area (Å²) >= 11 is 0. The van der Waals surface area contributed by atoms with Crippen molar-refractivity contribution in [3.05, 3.63) is 117 Å². The lowest BCUT2D eigenvalue weighted by atomic mass is 9.97. The normalized spacial score (nSPS) is 12.9. The van der Waals surface area contributed by atoms with E-state index in [0.717, 1.165) is 27.9 Å². The Hall–Kier alpha value is -5.69. The van der Waals surface area contributed by atoms with Crippen molar-refractivity contribution < 1.29 is 4.79 Å². The highest BCUT2D eigenvalue weighted by molar-refractivity contribution is 6.04. The number of hydrogen-bond donors (Lipinski definition) is 1. The summed E-state index contributed by atoms with van der Waals surface area (Å²) in [5, 5.41) is 13.2. The molecule has 2 aromatic carbocycles. The zero-order chi connectivity index (χ0) is 29.8. The minimum atomic E-state index is -0.526. The monoisotopic (exact) mass is 568 g/mol. The fourth-order valence-corrected chi connectivity index (χ4v) is 6.02. The maximum atomic E-state index is 14.6. The van der Waals surface area contributed by atoms with Crippen LogP contribution in [-0.4, -0.2) is 41.9 Å². The molecule has 0 radical (unpaired) electrons. The van der Waals surface area contributed by atoms with Crippen LogP contribution in [0.2, 0.25) is 0 Å². The van der Waals surface area contributed by atoms with Gasteiger partial charge in [-0.25, -0.2) is 9.50 Å². The molecule has 0 saturated heterocycles. The quantitative estimate of drug-likeness (QED) is 0.324. The smallest absolute Gasteiger partial charge is 0.264 e. The summed E-state index contributed by atoms with van der Waals surface area (Å²) in [7, 11) is 3.85. The highest BCUT2D eigenvalue weighted by Crippen LogP contribution is 2.40. The molecule has 212 valence electrons. The van der Waals surface area contributed by atoms with Crippen molar-refractivity contribution in [2.24, 2.45) is 7.05 Å². The second-order valence-electron chi connectivity index (χ2n) is 10.8. The first-order chi connectivity index (χ1) is 20.8. The molecule has 43 heavy (non-hydrogen) atoms. The molecule has 6 aromatic rings. The van der Waals surface area contributed by atoms with Gasteiger partial charge in [0.2, 0.25) is 0 Å². The lowest BCUT2D eigenvalue weighted by Crippen LogP contribution is -2.33. The Kier molecular flexibility index (Phi) is 6.09. The van der Waals surface area contributed by atoms with E-state index in [4.69, 9.17) is 0 Å². The Morgan fingerprint density at radius 3 is 2.63 bits per heavy atom. The van der Waals surface area contributed by atoms with E-state index in [2.05, 4.69) is 37.2 Å². The van der Waals surface area contributed by atoms with Gasteiger partial charge in [-0.3, -0.25) is 18.8 Å². The molecule has 1 N–H and O–H groups in total. The van der Waals surface area contributed by atoms with Crippen molar-refractivity contribution in [3.8, 4) is 17.5 Å². The third-order valence-electron chi connectivity index (χ3n) is 7.87. The van der Waals surface area contributed by atoms with Crippen molar-refractivity contribution in [2.75, 3.05) is 11.9 Å². The Balaban J connectivity index is 1.44. The fourth-order valence-electron chi connectivity index (χ4n) is 6.02. The molecule has 0 bridgehead atoms. The first-order valence-corrected chi connectivity index (χ1v) is 13.9. The summed E-state index contributed by atoms with van der Waals surface area (Å²) in [5.41, 5.74) is 6.04. The lowest BCUT2D eigenvalue weighted by Gasteiger charge is -2.23. The second-order valence-corrected chi connectivity index (χ2v) is 10.8. The van der Waals surface area contributed by atoms with E-state index >= 15 is 0 Å². The van der Waals surface area contributed by atoms with Gasteiger partial charge in [0.15, 0.2) is 5.65 Å². The van der Waals surface area contributed by atoms with Crippen molar-refractivity contribution in [2.45, 2.75) is 26.4 Å². The summed E-state index contributed by atoms with van der Waals surface area (Å²) in [5.74, 6) is 6.09. The van der Waals surface area contributed by atoms with Crippen molar-refractivity contribution in [1.29, 1.82) is 0 Å². The molecule has 0 spiro atoms. The molecular formula is C33H28N8O2. The van der Waals surface area contributed by atoms with Crippen molar-refractivity contribution in [3.63, 3.8) is 0 Å². The van der Waals surface area contributed by atoms with Gasteiger partial charge in [-0.2, -0.15) is 10.2 Å². The van der Waals surface area contributed by atoms with E-state index in [-0.39, 0.29) is 11.5 Å². The number of carbonyl (C=O) groups excluding carboxylic acids is 1. The fraction of sp³-hybridized carbons (Fsp3) is 0.182.